The Morgan fingerprint density at radius 1 is 1.06 bits per heavy atom. The van der Waals surface area contributed by atoms with Crippen molar-refractivity contribution in [2.45, 2.75) is 32.4 Å². The van der Waals surface area contributed by atoms with Crippen LogP contribution in [0, 0.1) is 5.92 Å². The topological polar surface area (TPSA) is 123 Å². The third kappa shape index (κ3) is 5.34. The highest BCUT2D eigenvalue weighted by Gasteiger charge is 2.29. The maximum absolute atomic E-state index is 12.3. The van der Waals surface area contributed by atoms with Crippen molar-refractivity contribution in [3.8, 4) is 11.1 Å². The molecule has 3 N–H and O–H groups in total. The van der Waals surface area contributed by atoms with Crippen LogP contribution in [0.2, 0.25) is 0 Å². The molecule has 0 saturated carbocycles. The number of benzene rings is 2. The summed E-state index contributed by atoms with van der Waals surface area (Å²) in [7, 11) is 0. The summed E-state index contributed by atoms with van der Waals surface area (Å²) >= 11 is 0. The molecule has 3 aromatic rings. The maximum Gasteiger partial charge on any atom is 0.407 e. The molecule has 0 radical (unpaired) electrons. The predicted octanol–water partition coefficient (Wildman–Crippen LogP) is 3.26. The first-order chi connectivity index (χ1) is 16.8. The van der Waals surface area contributed by atoms with E-state index < -0.39 is 24.0 Å². The number of rotatable bonds is 9. The summed E-state index contributed by atoms with van der Waals surface area (Å²) in [6, 6.07) is 15.3. The minimum Gasteiger partial charge on any atom is -0.480 e. The van der Waals surface area contributed by atoms with Gasteiger partial charge in [0.15, 0.2) is 0 Å². The fraction of sp³-hybridized carbons (Fsp3) is 0.308. The number of hydrogen-bond acceptors (Lipinski definition) is 5. The van der Waals surface area contributed by atoms with E-state index in [1.54, 1.807) is 18.4 Å². The Hall–Kier alpha value is -4.14. The molecule has 2 aromatic carbocycles. The highest BCUT2D eigenvalue weighted by atomic mass is 16.5. The van der Waals surface area contributed by atoms with Gasteiger partial charge in [-0.05, 0) is 28.2 Å². The lowest BCUT2D eigenvalue weighted by molar-refractivity contribution is -0.140. The first-order valence-corrected chi connectivity index (χ1v) is 11.5. The first-order valence-electron chi connectivity index (χ1n) is 11.5. The van der Waals surface area contributed by atoms with E-state index in [0.29, 0.717) is 6.54 Å². The molecule has 0 spiro atoms. The Morgan fingerprint density at radius 3 is 2.29 bits per heavy atom. The Morgan fingerprint density at radius 2 is 1.69 bits per heavy atom. The Labute approximate surface area is 203 Å². The highest BCUT2D eigenvalue weighted by Crippen LogP contribution is 2.44. The van der Waals surface area contributed by atoms with Gasteiger partial charge in [-0.3, -0.25) is 4.79 Å². The summed E-state index contributed by atoms with van der Waals surface area (Å²) in [4.78, 5) is 39.9. The molecule has 1 aliphatic carbocycles. The van der Waals surface area contributed by atoms with Gasteiger partial charge in [0.1, 0.15) is 18.3 Å². The van der Waals surface area contributed by atoms with E-state index in [-0.39, 0.29) is 30.7 Å². The lowest BCUT2D eigenvalue weighted by Crippen LogP contribution is -2.44. The summed E-state index contributed by atoms with van der Waals surface area (Å²) in [5.74, 6) is -1.93. The second-order valence-electron chi connectivity index (χ2n) is 8.78. The van der Waals surface area contributed by atoms with Crippen molar-refractivity contribution < 1.29 is 24.2 Å². The molecule has 4 rings (SSSR count). The van der Waals surface area contributed by atoms with Gasteiger partial charge < -0.3 is 25.0 Å². The Balaban J connectivity index is 1.26. The van der Waals surface area contributed by atoms with Crippen LogP contribution in [0.5, 0.6) is 0 Å². The maximum atomic E-state index is 12.3. The third-order valence-electron chi connectivity index (χ3n) is 6.07. The van der Waals surface area contributed by atoms with Crippen molar-refractivity contribution in [2.75, 3.05) is 13.2 Å². The summed E-state index contributed by atoms with van der Waals surface area (Å²) in [6.45, 7) is 4.31. The number of imidazole rings is 1. The number of carbonyl (C=O) groups excluding carboxylic acids is 2. The van der Waals surface area contributed by atoms with Crippen LogP contribution < -0.4 is 10.6 Å². The Bertz CT molecular complexity index is 1190. The largest absolute Gasteiger partial charge is 0.480 e. The number of nitrogens with zero attached hydrogens (tertiary/aromatic N) is 2. The standard InChI is InChI=1S/C26H28N4O5/c1-16(2)23(25(32)33)29-24(31)22-13-30(15-28-22)12-11-27-26(34)35-14-21-19-9-5-3-7-17(19)18-8-4-6-10-20(18)21/h3-10,13,15-16,21,23H,11-12,14H2,1-2H3,(H,27,34)(H,29,31)(H,32,33)/t23-/m0/s1. The molecule has 0 unspecified atom stereocenters. The normalized spacial score (nSPS) is 13.1. The van der Waals surface area contributed by atoms with Gasteiger partial charge >= 0.3 is 12.1 Å². The van der Waals surface area contributed by atoms with E-state index in [9.17, 15) is 19.5 Å². The lowest BCUT2D eigenvalue weighted by atomic mass is 9.98. The van der Waals surface area contributed by atoms with Crippen LogP contribution in [-0.2, 0) is 16.1 Å². The molecule has 1 heterocycles. The predicted molar refractivity (Wildman–Crippen MR) is 129 cm³/mol. The number of fused-ring (bicyclic) bond motifs is 3. The monoisotopic (exact) mass is 476 g/mol. The summed E-state index contributed by atoms with van der Waals surface area (Å²) in [6.07, 6.45) is 2.44. The number of carboxylic acids is 1. The first kappa shape index (κ1) is 24.0. The number of carbonyl (C=O) groups is 3. The molecule has 182 valence electrons. The smallest absolute Gasteiger partial charge is 0.407 e. The molecular weight excluding hydrogens is 448 g/mol. The molecule has 1 atom stereocenters. The molecule has 35 heavy (non-hydrogen) atoms. The summed E-state index contributed by atoms with van der Waals surface area (Å²) in [5, 5.41) is 14.4. The van der Waals surface area contributed by atoms with E-state index in [1.807, 2.05) is 24.3 Å². The molecule has 0 saturated heterocycles. The fourth-order valence-corrected chi connectivity index (χ4v) is 4.26. The van der Waals surface area contributed by atoms with Crippen molar-refractivity contribution in [3.63, 3.8) is 0 Å². The number of nitrogens with one attached hydrogen (secondary N) is 2. The number of alkyl carbamates (subject to hydrolysis) is 1. The molecule has 1 aliphatic rings. The number of hydrogen-bond donors (Lipinski definition) is 3. The van der Waals surface area contributed by atoms with Crippen LogP contribution >= 0.6 is 0 Å². The van der Waals surface area contributed by atoms with Gasteiger partial charge in [0, 0.05) is 25.2 Å². The quantitative estimate of drug-likeness (QED) is 0.436. The molecule has 9 heteroatoms. The molecule has 2 amide bonds. The van der Waals surface area contributed by atoms with Gasteiger partial charge in [0.2, 0.25) is 0 Å². The third-order valence-corrected chi connectivity index (χ3v) is 6.07. The number of carboxylic acid groups (broad SMARTS) is 1. The van der Waals surface area contributed by atoms with Gasteiger partial charge in [-0.25, -0.2) is 14.6 Å². The number of aromatic nitrogens is 2. The zero-order valence-corrected chi connectivity index (χ0v) is 19.6. The second kappa shape index (κ2) is 10.4. The van der Waals surface area contributed by atoms with Crippen LogP contribution in [0.1, 0.15) is 41.4 Å². The average molecular weight is 477 g/mol. The van der Waals surface area contributed by atoms with Gasteiger partial charge in [-0.2, -0.15) is 0 Å². The van der Waals surface area contributed by atoms with Gasteiger partial charge in [0.05, 0.1) is 6.33 Å². The van der Waals surface area contributed by atoms with Crippen molar-refractivity contribution in [2.24, 2.45) is 5.92 Å². The SMILES string of the molecule is CC(C)[C@H](NC(=O)c1cn(CCNC(=O)OCC2c3ccccc3-c3ccccc32)cn1)C(=O)O. The van der Waals surface area contributed by atoms with Crippen LogP contribution in [-0.4, -0.2) is 51.8 Å². The second-order valence-corrected chi connectivity index (χ2v) is 8.78. The van der Waals surface area contributed by atoms with Gasteiger partial charge in [0.25, 0.3) is 5.91 Å². The van der Waals surface area contributed by atoms with E-state index in [4.69, 9.17) is 4.74 Å². The van der Waals surface area contributed by atoms with Crippen LogP contribution in [0.4, 0.5) is 4.79 Å². The lowest BCUT2D eigenvalue weighted by Gasteiger charge is -2.16. The zero-order chi connectivity index (χ0) is 24.9. The molecule has 0 fully saturated rings. The molecule has 9 nitrogen and oxygen atoms in total. The molecule has 0 bridgehead atoms. The highest BCUT2D eigenvalue weighted by molar-refractivity contribution is 5.94. The van der Waals surface area contributed by atoms with Crippen LogP contribution in [0.3, 0.4) is 0 Å². The zero-order valence-electron chi connectivity index (χ0n) is 19.6. The van der Waals surface area contributed by atoms with Crippen molar-refractivity contribution in [3.05, 3.63) is 77.9 Å². The minimum atomic E-state index is -1.10. The Kier molecular flexibility index (Phi) is 7.14. The van der Waals surface area contributed by atoms with Gasteiger partial charge in [-0.15, -0.1) is 0 Å². The van der Waals surface area contributed by atoms with Gasteiger partial charge in [-0.1, -0.05) is 62.4 Å². The molecule has 0 aliphatic heterocycles. The van der Waals surface area contributed by atoms with Crippen molar-refractivity contribution in [1.82, 2.24) is 20.2 Å². The van der Waals surface area contributed by atoms with Crippen LogP contribution in [0.15, 0.2) is 61.1 Å². The van der Waals surface area contributed by atoms with Crippen molar-refractivity contribution >= 4 is 18.0 Å². The number of ether oxygens (including phenoxy) is 1. The summed E-state index contributed by atoms with van der Waals surface area (Å²) in [5.41, 5.74) is 4.74. The molecule has 1 aromatic heterocycles. The minimum absolute atomic E-state index is 0.0108. The van der Waals surface area contributed by atoms with E-state index >= 15 is 0 Å². The number of amides is 2. The van der Waals surface area contributed by atoms with E-state index in [0.717, 1.165) is 11.1 Å². The van der Waals surface area contributed by atoms with E-state index in [2.05, 4.69) is 39.9 Å². The molecular formula is C26H28N4O5. The number of aliphatic carboxylic acids is 1. The summed E-state index contributed by atoms with van der Waals surface area (Å²) < 4.78 is 7.16. The van der Waals surface area contributed by atoms with Crippen LogP contribution in [0.25, 0.3) is 11.1 Å². The van der Waals surface area contributed by atoms with Crippen molar-refractivity contribution in [1.29, 1.82) is 0 Å². The fourth-order valence-electron chi connectivity index (χ4n) is 4.26. The van der Waals surface area contributed by atoms with E-state index in [1.165, 1.54) is 23.7 Å². The average Bonchev–Trinajstić information content (AvgIpc) is 3.44.